The Bertz CT molecular complexity index is 304. The lowest BCUT2D eigenvalue weighted by molar-refractivity contribution is 0.273. The van der Waals surface area contributed by atoms with Gasteiger partial charge in [0.15, 0.2) is 0 Å². The van der Waals surface area contributed by atoms with Gasteiger partial charge in [-0.05, 0) is 18.1 Å². The van der Waals surface area contributed by atoms with E-state index >= 15 is 0 Å². The van der Waals surface area contributed by atoms with Gasteiger partial charge in [-0.2, -0.15) is 0 Å². The summed E-state index contributed by atoms with van der Waals surface area (Å²) in [6.07, 6.45) is 1.16. The van der Waals surface area contributed by atoms with Crippen molar-refractivity contribution in [1.29, 1.82) is 0 Å². The lowest BCUT2D eigenvalue weighted by atomic mass is 10.1. The fourth-order valence-electron chi connectivity index (χ4n) is 1.29. The average Bonchev–Trinajstić information content (AvgIpc) is 2.34. The van der Waals surface area contributed by atoms with Crippen LogP contribution in [0.15, 0.2) is 24.3 Å². The molecule has 1 unspecified atom stereocenters. The fraction of sp³-hybridized carbons (Fsp3) is 0.538. The first-order valence-electron chi connectivity index (χ1n) is 5.79. The van der Waals surface area contributed by atoms with E-state index in [1.54, 1.807) is 0 Å². The summed E-state index contributed by atoms with van der Waals surface area (Å²) in [5.74, 6) is 1.36. The second kappa shape index (κ2) is 7.09. The van der Waals surface area contributed by atoms with Gasteiger partial charge in [0.05, 0.1) is 0 Å². The largest absolute Gasteiger partial charge is 0.491 e. The van der Waals surface area contributed by atoms with Gasteiger partial charge in [-0.1, -0.05) is 26.3 Å². The summed E-state index contributed by atoms with van der Waals surface area (Å²) in [6.45, 7) is 4.99. The molecule has 0 saturated carbocycles. The maximum Gasteiger partial charge on any atom is 0.123 e. The SMILES string of the molecule is CCC(C)CNc1cccc(OCCF)c1. The van der Waals surface area contributed by atoms with Gasteiger partial charge >= 0.3 is 0 Å². The minimum atomic E-state index is -0.454. The highest BCUT2D eigenvalue weighted by Crippen LogP contribution is 2.17. The first-order chi connectivity index (χ1) is 7.76. The Labute approximate surface area is 96.8 Å². The normalized spacial score (nSPS) is 12.2. The van der Waals surface area contributed by atoms with Gasteiger partial charge in [-0.25, -0.2) is 4.39 Å². The van der Waals surface area contributed by atoms with Crippen molar-refractivity contribution in [2.75, 3.05) is 25.1 Å². The highest BCUT2D eigenvalue weighted by Gasteiger charge is 2.00. The summed E-state index contributed by atoms with van der Waals surface area (Å²) < 4.78 is 17.2. The summed E-state index contributed by atoms with van der Waals surface area (Å²) >= 11 is 0. The Balaban J connectivity index is 2.46. The van der Waals surface area contributed by atoms with E-state index in [0.717, 1.165) is 18.7 Å². The molecule has 0 aromatic heterocycles. The highest BCUT2D eigenvalue weighted by molar-refractivity contribution is 5.48. The minimum absolute atomic E-state index is 0.120. The Hall–Kier alpha value is -1.25. The molecule has 0 amide bonds. The number of hydrogen-bond acceptors (Lipinski definition) is 2. The molecule has 0 bridgehead atoms. The van der Waals surface area contributed by atoms with Gasteiger partial charge in [-0.15, -0.1) is 0 Å². The molecular formula is C13H20FNO. The minimum Gasteiger partial charge on any atom is -0.491 e. The molecular weight excluding hydrogens is 205 g/mol. The molecule has 3 heteroatoms. The first kappa shape index (κ1) is 12.8. The van der Waals surface area contributed by atoms with E-state index < -0.39 is 6.67 Å². The maximum atomic E-state index is 11.9. The van der Waals surface area contributed by atoms with Crippen molar-refractivity contribution in [2.24, 2.45) is 5.92 Å². The Morgan fingerprint density at radius 2 is 2.25 bits per heavy atom. The predicted octanol–water partition coefficient (Wildman–Crippen LogP) is 3.49. The van der Waals surface area contributed by atoms with Crippen LogP contribution < -0.4 is 10.1 Å². The number of anilines is 1. The van der Waals surface area contributed by atoms with Crippen molar-refractivity contribution in [2.45, 2.75) is 20.3 Å². The van der Waals surface area contributed by atoms with Crippen LogP contribution >= 0.6 is 0 Å². The Morgan fingerprint density at radius 3 is 2.94 bits per heavy atom. The number of ether oxygens (including phenoxy) is 1. The second-order valence-corrected chi connectivity index (χ2v) is 3.96. The summed E-state index contributed by atoms with van der Waals surface area (Å²) in [4.78, 5) is 0. The van der Waals surface area contributed by atoms with E-state index in [2.05, 4.69) is 19.2 Å². The van der Waals surface area contributed by atoms with Crippen molar-refractivity contribution >= 4 is 5.69 Å². The van der Waals surface area contributed by atoms with Crippen LogP contribution in [0.25, 0.3) is 0 Å². The van der Waals surface area contributed by atoms with Crippen molar-refractivity contribution in [1.82, 2.24) is 0 Å². The number of hydrogen-bond donors (Lipinski definition) is 1. The van der Waals surface area contributed by atoms with Gasteiger partial charge in [0, 0.05) is 18.3 Å². The summed E-state index contributed by atoms with van der Waals surface area (Å²) in [7, 11) is 0. The van der Waals surface area contributed by atoms with E-state index in [9.17, 15) is 4.39 Å². The van der Waals surface area contributed by atoms with Gasteiger partial charge in [0.2, 0.25) is 0 Å². The topological polar surface area (TPSA) is 21.3 Å². The summed E-state index contributed by atoms with van der Waals surface area (Å²) in [5, 5.41) is 3.34. The second-order valence-electron chi connectivity index (χ2n) is 3.96. The van der Waals surface area contributed by atoms with E-state index in [1.165, 1.54) is 0 Å². The van der Waals surface area contributed by atoms with Crippen LogP contribution in [0.3, 0.4) is 0 Å². The lowest BCUT2D eigenvalue weighted by Gasteiger charge is -2.12. The van der Waals surface area contributed by atoms with Crippen LogP contribution in [-0.2, 0) is 0 Å². The molecule has 0 aliphatic carbocycles. The molecule has 0 fully saturated rings. The summed E-state index contributed by atoms with van der Waals surface area (Å²) in [6, 6.07) is 7.64. The zero-order chi connectivity index (χ0) is 11.8. The van der Waals surface area contributed by atoms with Gasteiger partial charge in [0.1, 0.15) is 19.0 Å². The predicted molar refractivity (Wildman–Crippen MR) is 65.9 cm³/mol. The van der Waals surface area contributed by atoms with Gasteiger partial charge in [0.25, 0.3) is 0 Å². The number of benzene rings is 1. The molecule has 90 valence electrons. The van der Waals surface area contributed by atoms with E-state index in [0.29, 0.717) is 11.7 Å². The molecule has 1 N–H and O–H groups in total. The molecule has 1 aromatic carbocycles. The van der Waals surface area contributed by atoms with Crippen molar-refractivity contribution in [3.63, 3.8) is 0 Å². The molecule has 1 rings (SSSR count). The smallest absolute Gasteiger partial charge is 0.123 e. The van der Waals surface area contributed by atoms with Crippen LogP contribution in [0.5, 0.6) is 5.75 Å². The molecule has 0 radical (unpaired) electrons. The third kappa shape index (κ3) is 4.51. The van der Waals surface area contributed by atoms with Crippen molar-refractivity contribution < 1.29 is 9.13 Å². The van der Waals surface area contributed by atoms with Crippen LogP contribution in [-0.4, -0.2) is 19.8 Å². The highest BCUT2D eigenvalue weighted by atomic mass is 19.1. The molecule has 0 aliphatic rings. The third-order valence-corrected chi connectivity index (χ3v) is 2.53. The van der Waals surface area contributed by atoms with Crippen LogP contribution in [0.4, 0.5) is 10.1 Å². The van der Waals surface area contributed by atoms with Gasteiger partial charge < -0.3 is 10.1 Å². The Morgan fingerprint density at radius 1 is 1.44 bits per heavy atom. The van der Waals surface area contributed by atoms with Crippen LogP contribution in [0.2, 0.25) is 0 Å². The van der Waals surface area contributed by atoms with Crippen LogP contribution in [0.1, 0.15) is 20.3 Å². The molecule has 2 nitrogen and oxygen atoms in total. The Kier molecular flexibility index (Phi) is 5.68. The van der Waals surface area contributed by atoms with Crippen molar-refractivity contribution in [3.8, 4) is 5.75 Å². The van der Waals surface area contributed by atoms with Crippen LogP contribution in [0, 0.1) is 5.92 Å². The quantitative estimate of drug-likeness (QED) is 0.767. The molecule has 1 aromatic rings. The van der Waals surface area contributed by atoms with Crippen molar-refractivity contribution in [3.05, 3.63) is 24.3 Å². The fourth-order valence-corrected chi connectivity index (χ4v) is 1.29. The monoisotopic (exact) mass is 225 g/mol. The van der Waals surface area contributed by atoms with E-state index in [1.807, 2.05) is 24.3 Å². The molecule has 0 spiro atoms. The van der Waals surface area contributed by atoms with E-state index in [4.69, 9.17) is 4.74 Å². The molecule has 0 aliphatic heterocycles. The first-order valence-corrected chi connectivity index (χ1v) is 5.79. The average molecular weight is 225 g/mol. The lowest BCUT2D eigenvalue weighted by Crippen LogP contribution is -2.10. The summed E-state index contributed by atoms with van der Waals surface area (Å²) in [5.41, 5.74) is 1.02. The standard InChI is InChI=1S/C13H20FNO/c1-3-11(2)10-15-12-5-4-6-13(9-12)16-8-7-14/h4-6,9,11,15H,3,7-8,10H2,1-2H3. The number of alkyl halides is 1. The molecule has 1 atom stereocenters. The molecule has 16 heavy (non-hydrogen) atoms. The zero-order valence-electron chi connectivity index (χ0n) is 10.0. The van der Waals surface area contributed by atoms with Gasteiger partial charge in [-0.3, -0.25) is 0 Å². The molecule has 0 saturated heterocycles. The third-order valence-electron chi connectivity index (χ3n) is 2.53. The number of rotatable bonds is 7. The number of nitrogens with one attached hydrogen (secondary N) is 1. The zero-order valence-corrected chi connectivity index (χ0v) is 10.0. The van der Waals surface area contributed by atoms with E-state index in [-0.39, 0.29) is 6.61 Å². The maximum absolute atomic E-state index is 11.9. The molecule has 0 heterocycles. The number of halogens is 1.